The van der Waals surface area contributed by atoms with E-state index in [1.165, 1.54) is 10.4 Å². The topological polar surface area (TPSA) is 35.5 Å². The molecule has 0 amide bonds. The van der Waals surface area contributed by atoms with Gasteiger partial charge in [-0.2, -0.15) is 0 Å². The molecule has 0 N–H and O–H groups in total. The summed E-state index contributed by atoms with van der Waals surface area (Å²) in [6, 6.07) is 21.6. The van der Waals surface area contributed by atoms with Crippen LogP contribution in [0, 0.1) is 11.8 Å². The average Bonchev–Trinajstić information content (AvgIpc) is 2.79. The summed E-state index contributed by atoms with van der Waals surface area (Å²) in [5, 5.41) is 2.48. The van der Waals surface area contributed by atoms with E-state index in [2.05, 4.69) is 115 Å². The highest BCUT2D eigenvalue weighted by Crippen LogP contribution is 2.40. The van der Waals surface area contributed by atoms with Gasteiger partial charge < -0.3 is 13.6 Å². The first-order chi connectivity index (χ1) is 15.9. The lowest BCUT2D eigenvalue weighted by Crippen LogP contribution is -2.68. The summed E-state index contributed by atoms with van der Waals surface area (Å²) in [4.78, 5) is 11.9. The Balaban J connectivity index is 2.67. The van der Waals surface area contributed by atoms with Gasteiger partial charge in [0.25, 0.3) is 8.32 Å². The van der Waals surface area contributed by atoms with E-state index in [0.717, 1.165) is 19.1 Å². The number of carbonyl (C=O) groups is 1. The maximum atomic E-state index is 11.9. The lowest BCUT2D eigenvalue weighted by atomic mass is 9.88. The van der Waals surface area contributed by atoms with Crippen molar-refractivity contribution in [2.45, 2.75) is 91.3 Å². The van der Waals surface area contributed by atoms with E-state index in [-0.39, 0.29) is 29.1 Å². The van der Waals surface area contributed by atoms with Crippen LogP contribution in [-0.2, 0) is 13.6 Å². The second kappa shape index (κ2) is 11.9. The molecule has 0 aromatic heterocycles. The van der Waals surface area contributed by atoms with Crippen molar-refractivity contribution < 1.29 is 13.6 Å². The second-order valence-electron chi connectivity index (χ2n) is 11.7. The Morgan fingerprint density at radius 3 is 1.68 bits per heavy atom. The van der Waals surface area contributed by atoms with Gasteiger partial charge in [-0.15, -0.1) is 0 Å². The first-order valence-corrected chi connectivity index (χ1v) is 18.1. The first kappa shape index (κ1) is 28.7. The number of hydrogen-bond donors (Lipinski definition) is 0. The monoisotopic (exact) mass is 498 g/mol. The molecule has 0 unspecified atom stereocenters. The molecule has 0 bridgehead atoms. The summed E-state index contributed by atoms with van der Waals surface area (Å²) in [5.41, 5.74) is 0. The van der Waals surface area contributed by atoms with Crippen molar-refractivity contribution in [3.8, 4) is 0 Å². The van der Waals surface area contributed by atoms with Crippen molar-refractivity contribution in [2.75, 3.05) is 0 Å². The van der Waals surface area contributed by atoms with E-state index in [4.69, 9.17) is 8.85 Å². The molecule has 5 heteroatoms. The van der Waals surface area contributed by atoms with Crippen LogP contribution in [0.5, 0.6) is 0 Å². The van der Waals surface area contributed by atoms with Gasteiger partial charge >= 0.3 is 0 Å². The van der Waals surface area contributed by atoms with E-state index in [0.29, 0.717) is 0 Å². The van der Waals surface area contributed by atoms with Crippen molar-refractivity contribution in [3.63, 3.8) is 0 Å². The van der Waals surface area contributed by atoms with Gasteiger partial charge in [0.1, 0.15) is 6.29 Å². The second-order valence-corrected chi connectivity index (χ2v) is 20.4. The van der Waals surface area contributed by atoms with Crippen LogP contribution in [0.15, 0.2) is 60.7 Å². The smallest absolute Gasteiger partial charge is 0.261 e. The maximum absolute atomic E-state index is 11.9. The van der Waals surface area contributed by atoms with Crippen LogP contribution in [0.3, 0.4) is 0 Å². The molecule has 0 heterocycles. The normalized spacial score (nSPS) is 16.5. The molecule has 4 atom stereocenters. The molecule has 0 saturated heterocycles. The highest BCUT2D eigenvalue weighted by molar-refractivity contribution is 6.99. The van der Waals surface area contributed by atoms with Crippen molar-refractivity contribution in [3.05, 3.63) is 60.7 Å². The van der Waals surface area contributed by atoms with Crippen LogP contribution in [0.25, 0.3) is 0 Å². The zero-order valence-corrected chi connectivity index (χ0v) is 24.8. The Morgan fingerprint density at radius 2 is 1.32 bits per heavy atom. The van der Waals surface area contributed by atoms with E-state index in [1.54, 1.807) is 0 Å². The van der Waals surface area contributed by atoms with Gasteiger partial charge in [-0.1, -0.05) is 109 Å². The van der Waals surface area contributed by atoms with E-state index in [9.17, 15) is 4.79 Å². The van der Waals surface area contributed by atoms with Crippen LogP contribution in [-0.4, -0.2) is 35.1 Å². The molecule has 0 radical (unpaired) electrons. The van der Waals surface area contributed by atoms with Crippen molar-refractivity contribution in [1.29, 1.82) is 0 Å². The van der Waals surface area contributed by atoms with Gasteiger partial charge in [0.2, 0.25) is 0 Å². The zero-order valence-electron chi connectivity index (χ0n) is 22.8. The zero-order chi connectivity index (χ0) is 25.6. The predicted octanol–water partition coefficient (Wildman–Crippen LogP) is 6.42. The summed E-state index contributed by atoms with van der Waals surface area (Å²) in [7, 11) is -4.55. The Hall–Kier alpha value is -1.54. The minimum absolute atomic E-state index is 0.0138. The SMILES string of the molecule is CCC[C@@H](O[Si](c1ccccc1)(c1ccccc1)C(C)(C)C)[C@H](C)[C@H](O[Si](C)(C)C)[C@H](C)C=O. The molecule has 0 saturated carbocycles. The van der Waals surface area contributed by atoms with Crippen LogP contribution < -0.4 is 10.4 Å². The molecule has 2 aromatic rings. The van der Waals surface area contributed by atoms with Crippen LogP contribution >= 0.6 is 0 Å². The Kier molecular flexibility index (Phi) is 10.1. The van der Waals surface area contributed by atoms with Crippen LogP contribution in [0.1, 0.15) is 54.4 Å². The lowest BCUT2D eigenvalue weighted by Gasteiger charge is -2.47. The highest BCUT2D eigenvalue weighted by Gasteiger charge is 2.52. The minimum Gasteiger partial charge on any atom is -0.414 e. The highest BCUT2D eigenvalue weighted by atomic mass is 28.4. The first-order valence-electron chi connectivity index (χ1n) is 12.8. The molecule has 0 fully saturated rings. The lowest BCUT2D eigenvalue weighted by molar-refractivity contribution is -0.115. The molecule has 188 valence electrons. The van der Waals surface area contributed by atoms with Gasteiger partial charge in [0.15, 0.2) is 8.32 Å². The van der Waals surface area contributed by atoms with Crippen molar-refractivity contribution >= 4 is 33.3 Å². The Morgan fingerprint density at radius 1 is 0.853 bits per heavy atom. The quantitative estimate of drug-likeness (QED) is 0.250. The molecular formula is C29H46O3Si2. The fraction of sp³-hybridized carbons (Fsp3) is 0.552. The van der Waals surface area contributed by atoms with Gasteiger partial charge in [0, 0.05) is 11.8 Å². The maximum Gasteiger partial charge on any atom is 0.261 e. The number of hydrogen-bond acceptors (Lipinski definition) is 3. The summed E-state index contributed by atoms with van der Waals surface area (Å²) in [5.74, 6) is -0.0858. The third-order valence-corrected chi connectivity index (χ3v) is 12.7. The summed E-state index contributed by atoms with van der Waals surface area (Å²) in [6.45, 7) is 20.0. The molecule has 0 aliphatic rings. The molecule has 0 aliphatic carbocycles. The third kappa shape index (κ3) is 6.78. The summed E-state index contributed by atoms with van der Waals surface area (Å²) < 4.78 is 14.2. The Bertz CT molecular complexity index is 832. The van der Waals surface area contributed by atoms with Crippen molar-refractivity contribution in [2.24, 2.45) is 11.8 Å². The predicted molar refractivity (Wildman–Crippen MR) is 150 cm³/mol. The molecule has 34 heavy (non-hydrogen) atoms. The van der Waals surface area contributed by atoms with E-state index < -0.39 is 16.6 Å². The molecule has 0 aliphatic heterocycles. The van der Waals surface area contributed by atoms with Crippen molar-refractivity contribution in [1.82, 2.24) is 0 Å². The van der Waals surface area contributed by atoms with Gasteiger partial charge in [-0.25, -0.2) is 0 Å². The molecular weight excluding hydrogens is 452 g/mol. The van der Waals surface area contributed by atoms with Crippen LogP contribution in [0.2, 0.25) is 24.7 Å². The van der Waals surface area contributed by atoms with E-state index >= 15 is 0 Å². The molecule has 0 spiro atoms. The molecule has 2 aromatic carbocycles. The standard InChI is InChI=1S/C29H46O3Si2/c1-10-17-27(24(3)28(23(2)22-30)32-33(7,8)9)31-34(29(4,5)6,25-18-13-11-14-19-25)26-20-15-12-16-21-26/h11-16,18-24,27-28H,10,17H2,1-9H3/t23-,24+,27-,28-/m1/s1. The fourth-order valence-electron chi connectivity index (χ4n) is 5.02. The summed E-state index contributed by atoms with van der Waals surface area (Å²) >= 11 is 0. The largest absolute Gasteiger partial charge is 0.414 e. The number of aldehydes is 1. The number of benzene rings is 2. The van der Waals surface area contributed by atoms with Gasteiger partial charge in [0.05, 0.1) is 12.2 Å². The number of rotatable bonds is 12. The van der Waals surface area contributed by atoms with Gasteiger partial charge in [-0.05, 0) is 41.5 Å². The molecule has 3 nitrogen and oxygen atoms in total. The van der Waals surface area contributed by atoms with Crippen LogP contribution in [0.4, 0.5) is 0 Å². The minimum atomic E-state index is -2.69. The third-order valence-electron chi connectivity index (χ3n) is 6.65. The summed E-state index contributed by atoms with van der Waals surface area (Å²) in [6.07, 6.45) is 2.83. The van der Waals surface area contributed by atoms with Gasteiger partial charge in [-0.3, -0.25) is 0 Å². The van der Waals surface area contributed by atoms with E-state index in [1.807, 2.05) is 6.92 Å². The number of carbonyl (C=O) groups excluding carboxylic acids is 1. The Labute approximate surface area is 210 Å². The molecule has 2 rings (SSSR count). The average molecular weight is 499 g/mol. The fourth-order valence-corrected chi connectivity index (χ4v) is 11.1.